The molecule has 0 radical (unpaired) electrons. The Hall–Kier alpha value is -2.40. The van der Waals surface area contributed by atoms with Gasteiger partial charge in [-0.1, -0.05) is 30.3 Å². The van der Waals surface area contributed by atoms with Crippen LogP contribution < -0.4 is 16.6 Å². The van der Waals surface area contributed by atoms with Gasteiger partial charge in [-0.05, 0) is 36.6 Å². The van der Waals surface area contributed by atoms with Crippen molar-refractivity contribution in [2.45, 2.75) is 13.3 Å². The average Bonchev–Trinajstić information content (AvgIpc) is 2.49. The number of benzene rings is 1. The summed E-state index contributed by atoms with van der Waals surface area (Å²) in [5.41, 5.74) is 5.24. The number of nitrogens with zero attached hydrogens (tertiary/aromatic N) is 1. The first-order chi connectivity index (χ1) is 9.70. The highest BCUT2D eigenvalue weighted by atomic mass is 16.1. The molecule has 104 valence electrons. The number of carbonyl (C=O) groups is 1. The van der Waals surface area contributed by atoms with Crippen LogP contribution >= 0.6 is 0 Å². The quantitative estimate of drug-likeness (QED) is 0.570. The second-order valence-corrected chi connectivity index (χ2v) is 4.48. The Bertz CT molecular complexity index is 598. The number of nitrogens with two attached hydrogens (primary N) is 1. The van der Waals surface area contributed by atoms with Crippen molar-refractivity contribution in [2.24, 2.45) is 5.84 Å². The van der Waals surface area contributed by atoms with Gasteiger partial charge < -0.3 is 10.7 Å². The van der Waals surface area contributed by atoms with Gasteiger partial charge in [-0.2, -0.15) is 0 Å². The third kappa shape index (κ3) is 3.55. The summed E-state index contributed by atoms with van der Waals surface area (Å²) in [5, 5.41) is 2.86. The van der Waals surface area contributed by atoms with Crippen molar-refractivity contribution >= 4 is 11.7 Å². The fraction of sp³-hybridized carbons (Fsp3) is 0.200. The third-order valence-corrected chi connectivity index (χ3v) is 3.07. The number of anilines is 1. The Morgan fingerprint density at radius 1 is 1.20 bits per heavy atom. The normalized spacial score (nSPS) is 10.1. The van der Waals surface area contributed by atoms with Crippen molar-refractivity contribution < 1.29 is 4.79 Å². The monoisotopic (exact) mass is 270 g/mol. The van der Waals surface area contributed by atoms with E-state index >= 15 is 0 Å². The van der Waals surface area contributed by atoms with Crippen molar-refractivity contribution in [1.82, 2.24) is 10.3 Å². The molecule has 0 atom stereocenters. The zero-order valence-corrected chi connectivity index (χ0v) is 11.4. The van der Waals surface area contributed by atoms with E-state index in [0.717, 1.165) is 6.42 Å². The maximum absolute atomic E-state index is 11.9. The molecule has 0 bridgehead atoms. The van der Waals surface area contributed by atoms with Crippen LogP contribution in [0, 0.1) is 6.92 Å². The van der Waals surface area contributed by atoms with Crippen LogP contribution in [0.4, 0.5) is 5.82 Å². The molecule has 0 spiro atoms. The van der Waals surface area contributed by atoms with Gasteiger partial charge >= 0.3 is 0 Å². The second kappa shape index (κ2) is 6.68. The zero-order valence-electron chi connectivity index (χ0n) is 11.4. The number of rotatable bonds is 5. The Labute approximate surface area is 118 Å². The van der Waals surface area contributed by atoms with E-state index in [-0.39, 0.29) is 5.91 Å². The molecular weight excluding hydrogens is 252 g/mol. The molecule has 1 amide bonds. The summed E-state index contributed by atoms with van der Waals surface area (Å²) >= 11 is 0. The van der Waals surface area contributed by atoms with Crippen LogP contribution in [0.2, 0.25) is 0 Å². The molecule has 5 nitrogen and oxygen atoms in total. The van der Waals surface area contributed by atoms with E-state index in [1.807, 2.05) is 12.1 Å². The number of amides is 1. The Kier molecular flexibility index (Phi) is 4.68. The minimum absolute atomic E-state index is 0.198. The summed E-state index contributed by atoms with van der Waals surface area (Å²) < 4.78 is 0. The molecule has 5 heteroatoms. The number of pyridine rings is 1. The fourth-order valence-corrected chi connectivity index (χ4v) is 1.93. The van der Waals surface area contributed by atoms with Gasteiger partial charge in [0.15, 0.2) is 0 Å². The van der Waals surface area contributed by atoms with Gasteiger partial charge in [-0.25, -0.2) is 10.8 Å². The van der Waals surface area contributed by atoms with Crippen LogP contribution in [0.15, 0.2) is 42.5 Å². The molecule has 0 saturated carbocycles. The van der Waals surface area contributed by atoms with Crippen LogP contribution in [0.5, 0.6) is 0 Å². The molecule has 1 aromatic heterocycles. The molecule has 4 N–H and O–H groups in total. The van der Waals surface area contributed by atoms with Crippen LogP contribution in [0.25, 0.3) is 0 Å². The maximum Gasteiger partial charge on any atom is 0.269 e. The molecule has 1 aromatic carbocycles. The highest BCUT2D eigenvalue weighted by Crippen LogP contribution is 2.07. The highest BCUT2D eigenvalue weighted by molar-refractivity contribution is 5.92. The van der Waals surface area contributed by atoms with Gasteiger partial charge in [0.1, 0.15) is 11.5 Å². The third-order valence-electron chi connectivity index (χ3n) is 3.07. The predicted molar refractivity (Wildman–Crippen MR) is 79.3 cm³/mol. The van der Waals surface area contributed by atoms with E-state index in [4.69, 9.17) is 5.84 Å². The number of nitrogen functional groups attached to an aromatic ring is 1. The number of aromatic nitrogens is 1. The van der Waals surface area contributed by atoms with E-state index in [9.17, 15) is 4.79 Å². The van der Waals surface area contributed by atoms with E-state index in [1.54, 1.807) is 18.2 Å². The first kappa shape index (κ1) is 14.0. The minimum atomic E-state index is -0.198. The molecule has 20 heavy (non-hydrogen) atoms. The van der Waals surface area contributed by atoms with Crippen LogP contribution in [0.3, 0.4) is 0 Å². The summed E-state index contributed by atoms with van der Waals surface area (Å²) in [6.07, 6.45) is 0.799. The van der Waals surface area contributed by atoms with Crippen molar-refractivity contribution in [3.63, 3.8) is 0 Å². The lowest BCUT2D eigenvalue weighted by Crippen LogP contribution is -2.27. The van der Waals surface area contributed by atoms with Crippen molar-refractivity contribution in [2.75, 3.05) is 12.0 Å². The van der Waals surface area contributed by atoms with Crippen molar-refractivity contribution in [1.29, 1.82) is 0 Å². The summed E-state index contributed by atoms with van der Waals surface area (Å²) in [6, 6.07) is 13.2. The van der Waals surface area contributed by atoms with Crippen LogP contribution in [-0.2, 0) is 6.42 Å². The summed E-state index contributed by atoms with van der Waals surface area (Å²) in [4.78, 5) is 16.0. The van der Waals surface area contributed by atoms with Gasteiger partial charge in [-0.3, -0.25) is 4.79 Å². The number of hydrogen-bond donors (Lipinski definition) is 3. The van der Waals surface area contributed by atoms with Gasteiger partial charge in [-0.15, -0.1) is 0 Å². The number of carbonyl (C=O) groups excluding carboxylic acids is 1. The largest absolute Gasteiger partial charge is 0.350 e. The molecule has 2 rings (SSSR count). The number of hydrazine groups is 1. The summed E-state index contributed by atoms with van der Waals surface area (Å²) in [7, 11) is 0. The number of hydrogen-bond acceptors (Lipinski definition) is 4. The fourth-order valence-electron chi connectivity index (χ4n) is 1.93. The summed E-state index contributed by atoms with van der Waals surface area (Å²) in [6.45, 7) is 2.64. The zero-order chi connectivity index (χ0) is 14.4. The Balaban J connectivity index is 1.91. The predicted octanol–water partition coefficient (Wildman–Crippen LogP) is 1.65. The van der Waals surface area contributed by atoms with E-state index in [0.29, 0.717) is 18.1 Å². The SMILES string of the molecule is Cc1ccccc1CCNC(=O)c1cccc(NN)n1. The van der Waals surface area contributed by atoms with Gasteiger partial charge in [0.05, 0.1) is 0 Å². The summed E-state index contributed by atoms with van der Waals surface area (Å²) in [5.74, 6) is 5.54. The Morgan fingerprint density at radius 3 is 2.75 bits per heavy atom. The van der Waals surface area contributed by atoms with Gasteiger partial charge in [0, 0.05) is 6.54 Å². The maximum atomic E-state index is 11.9. The standard InChI is InChI=1S/C15H18N4O/c1-11-5-2-3-6-12(11)9-10-17-15(20)13-7-4-8-14(18-13)19-16/h2-8H,9-10,16H2,1H3,(H,17,20)(H,18,19). The Morgan fingerprint density at radius 2 is 2.00 bits per heavy atom. The van der Waals surface area contributed by atoms with Crippen molar-refractivity contribution in [3.05, 3.63) is 59.3 Å². The molecule has 1 heterocycles. The first-order valence-electron chi connectivity index (χ1n) is 6.47. The lowest BCUT2D eigenvalue weighted by molar-refractivity contribution is 0.0949. The smallest absolute Gasteiger partial charge is 0.269 e. The topological polar surface area (TPSA) is 80.0 Å². The van der Waals surface area contributed by atoms with Crippen LogP contribution in [0.1, 0.15) is 21.6 Å². The lowest BCUT2D eigenvalue weighted by Gasteiger charge is -2.08. The lowest BCUT2D eigenvalue weighted by atomic mass is 10.1. The molecular formula is C15H18N4O. The molecule has 0 aliphatic heterocycles. The first-order valence-corrected chi connectivity index (χ1v) is 6.47. The average molecular weight is 270 g/mol. The minimum Gasteiger partial charge on any atom is -0.350 e. The van der Waals surface area contributed by atoms with Gasteiger partial charge in [0.25, 0.3) is 5.91 Å². The molecule has 2 aromatic rings. The van der Waals surface area contributed by atoms with Crippen LogP contribution in [-0.4, -0.2) is 17.4 Å². The molecule has 0 unspecified atom stereocenters. The van der Waals surface area contributed by atoms with Crippen molar-refractivity contribution in [3.8, 4) is 0 Å². The van der Waals surface area contributed by atoms with E-state index in [2.05, 4.69) is 34.8 Å². The molecule has 0 aliphatic rings. The highest BCUT2D eigenvalue weighted by Gasteiger charge is 2.07. The van der Waals surface area contributed by atoms with Gasteiger partial charge in [0.2, 0.25) is 0 Å². The second-order valence-electron chi connectivity index (χ2n) is 4.48. The number of nitrogens with one attached hydrogen (secondary N) is 2. The number of aryl methyl sites for hydroxylation is 1. The molecule has 0 fully saturated rings. The molecule has 0 saturated heterocycles. The molecule has 0 aliphatic carbocycles. The van der Waals surface area contributed by atoms with E-state index in [1.165, 1.54) is 11.1 Å². The van der Waals surface area contributed by atoms with E-state index < -0.39 is 0 Å².